The van der Waals surface area contributed by atoms with Gasteiger partial charge in [0.15, 0.2) is 18.2 Å². The molecular weight excluding hydrogens is 432 g/mol. The summed E-state index contributed by atoms with van der Waals surface area (Å²) in [6, 6.07) is 10.9. The summed E-state index contributed by atoms with van der Waals surface area (Å²) in [6.45, 7) is 3.95. The van der Waals surface area contributed by atoms with Crippen LogP contribution in [0.25, 0.3) is 23.0 Å². The Bertz CT molecular complexity index is 1220. The summed E-state index contributed by atoms with van der Waals surface area (Å²) in [4.78, 5) is 25.9. The minimum Gasteiger partial charge on any atom is -0.493 e. The summed E-state index contributed by atoms with van der Waals surface area (Å²) < 4.78 is 21.6. The topological polar surface area (TPSA) is 113 Å². The molecular formula is C22H20N4O5S. The van der Waals surface area contributed by atoms with Crippen molar-refractivity contribution in [1.29, 1.82) is 0 Å². The first-order valence-corrected chi connectivity index (χ1v) is 11.0. The molecule has 0 fully saturated rings. The second kappa shape index (κ2) is 9.65. The van der Waals surface area contributed by atoms with E-state index >= 15 is 0 Å². The lowest BCUT2D eigenvalue weighted by Gasteiger charge is -2.10. The largest absolute Gasteiger partial charge is 0.493 e. The van der Waals surface area contributed by atoms with Gasteiger partial charge in [-0.1, -0.05) is 17.3 Å². The van der Waals surface area contributed by atoms with E-state index < -0.39 is 5.97 Å². The number of aryl methyl sites for hydroxylation is 1. The minimum atomic E-state index is -0.577. The van der Waals surface area contributed by atoms with Crippen LogP contribution >= 0.6 is 11.8 Å². The molecule has 32 heavy (non-hydrogen) atoms. The fourth-order valence-corrected chi connectivity index (χ4v) is 3.61. The standard InChI is InChI=1S/C22H20N4O5S/c1-4-28-15-9-6-5-8-14(15)19-24-17(31-26-19)12-30-22(27)18-13(2)23-20(25-21(18)32-3)16-10-7-11-29-16/h5-11H,4,12H2,1-3H3. The third kappa shape index (κ3) is 4.50. The Labute approximate surface area is 188 Å². The molecule has 0 N–H and O–H groups in total. The van der Waals surface area contributed by atoms with Crippen LogP contribution in [-0.4, -0.2) is 38.9 Å². The van der Waals surface area contributed by atoms with Crippen LogP contribution in [0.1, 0.15) is 28.9 Å². The number of benzene rings is 1. The van der Waals surface area contributed by atoms with Crippen molar-refractivity contribution >= 4 is 17.7 Å². The second-order valence-corrected chi connectivity index (χ2v) is 7.31. The van der Waals surface area contributed by atoms with Gasteiger partial charge in [-0.25, -0.2) is 14.8 Å². The summed E-state index contributed by atoms with van der Waals surface area (Å²) >= 11 is 1.32. The zero-order chi connectivity index (χ0) is 22.5. The van der Waals surface area contributed by atoms with Gasteiger partial charge >= 0.3 is 5.97 Å². The first kappa shape index (κ1) is 21.6. The molecule has 0 radical (unpaired) electrons. The molecule has 4 aromatic rings. The first-order valence-electron chi connectivity index (χ1n) is 9.79. The van der Waals surface area contributed by atoms with E-state index in [4.69, 9.17) is 18.4 Å². The average molecular weight is 452 g/mol. The highest BCUT2D eigenvalue weighted by molar-refractivity contribution is 7.98. The van der Waals surface area contributed by atoms with Gasteiger partial charge in [-0.15, -0.1) is 11.8 Å². The van der Waals surface area contributed by atoms with Crippen LogP contribution in [0.2, 0.25) is 0 Å². The predicted molar refractivity (Wildman–Crippen MR) is 116 cm³/mol. The SMILES string of the molecule is CCOc1ccccc1-c1noc(COC(=O)c2c(C)nc(-c3ccco3)nc2SC)n1. The average Bonchev–Trinajstić information content (AvgIpc) is 3.50. The van der Waals surface area contributed by atoms with Gasteiger partial charge in [0.2, 0.25) is 5.82 Å². The molecule has 0 spiro atoms. The normalized spacial score (nSPS) is 10.8. The fourth-order valence-electron chi connectivity index (χ4n) is 3.00. The van der Waals surface area contributed by atoms with Crippen LogP contribution in [0, 0.1) is 6.92 Å². The molecule has 4 rings (SSSR count). The highest BCUT2D eigenvalue weighted by atomic mass is 32.2. The van der Waals surface area contributed by atoms with Crippen molar-refractivity contribution in [3.8, 4) is 28.7 Å². The van der Waals surface area contributed by atoms with Crippen molar-refractivity contribution in [2.24, 2.45) is 0 Å². The van der Waals surface area contributed by atoms with E-state index in [-0.39, 0.29) is 18.1 Å². The molecule has 164 valence electrons. The Balaban J connectivity index is 1.50. The number of rotatable bonds is 8. The van der Waals surface area contributed by atoms with E-state index in [1.165, 1.54) is 11.8 Å². The maximum absolute atomic E-state index is 12.8. The first-order chi connectivity index (χ1) is 15.6. The van der Waals surface area contributed by atoms with E-state index in [2.05, 4.69) is 20.1 Å². The van der Waals surface area contributed by atoms with E-state index in [9.17, 15) is 4.79 Å². The number of nitrogens with zero attached hydrogens (tertiary/aromatic N) is 4. The molecule has 0 unspecified atom stereocenters. The molecule has 0 saturated heterocycles. The molecule has 0 saturated carbocycles. The fraction of sp³-hybridized carbons (Fsp3) is 0.227. The Kier molecular flexibility index (Phi) is 6.50. The number of ether oxygens (including phenoxy) is 2. The molecule has 0 aliphatic heterocycles. The molecule has 0 aliphatic rings. The monoisotopic (exact) mass is 452 g/mol. The van der Waals surface area contributed by atoms with Crippen molar-refractivity contribution < 1.29 is 23.2 Å². The van der Waals surface area contributed by atoms with E-state index in [1.807, 2.05) is 37.4 Å². The zero-order valence-corrected chi connectivity index (χ0v) is 18.5. The Morgan fingerprint density at radius 2 is 1.94 bits per heavy atom. The number of carbonyl (C=O) groups is 1. The molecule has 10 heteroatoms. The quantitative estimate of drug-likeness (QED) is 0.214. The molecule has 0 atom stereocenters. The van der Waals surface area contributed by atoms with Gasteiger partial charge in [0.05, 0.1) is 24.1 Å². The van der Waals surface area contributed by atoms with Gasteiger partial charge in [-0.2, -0.15) is 4.98 Å². The zero-order valence-electron chi connectivity index (χ0n) is 17.7. The molecule has 1 aromatic carbocycles. The second-order valence-electron chi connectivity index (χ2n) is 6.51. The van der Waals surface area contributed by atoms with Crippen molar-refractivity contribution in [1.82, 2.24) is 20.1 Å². The summed E-state index contributed by atoms with van der Waals surface area (Å²) in [6.07, 6.45) is 3.37. The highest BCUT2D eigenvalue weighted by Crippen LogP contribution is 2.28. The van der Waals surface area contributed by atoms with Gasteiger partial charge in [0.25, 0.3) is 5.89 Å². The van der Waals surface area contributed by atoms with Crippen molar-refractivity contribution in [2.75, 3.05) is 12.9 Å². The Morgan fingerprint density at radius 3 is 2.69 bits per heavy atom. The van der Waals surface area contributed by atoms with E-state index in [0.717, 1.165) is 0 Å². The number of aromatic nitrogens is 4. The molecule has 0 bridgehead atoms. The van der Waals surface area contributed by atoms with Gasteiger partial charge < -0.3 is 18.4 Å². The smallest absolute Gasteiger partial charge is 0.343 e. The van der Waals surface area contributed by atoms with Crippen LogP contribution < -0.4 is 4.74 Å². The van der Waals surface area contributed by atoms with Crippen LogP contribution in [0.4, 0.5) is 0 Å². The van der Waals surface area contributed by atoms with Gasteiger partial charge in [-0.3, -0.25) is 0 Å². The van der Waals surface area contributed by atoms with Gasteiger partial charge in [0, 0.05) is 0 Å². The number of carbonyl (C=O) groups excluding carboxylic acids is 1. The van der Waals surface area contributed by atoms with Crippen LogP contribution in [0.5, 0.6) is 5.75 Å². The number of hydrogen-bond acceptors (Lipinski definition) is 10. The van der Waals surface area contributed by atoms with E-state index in [0.29, 0.717) is 46.0 Å². The Hall–Kier alpha value is -3.66. The molecule has 3 aromatic heterocycles. The number of hydrogen-bond donors (Lipinski definition) is 0. The lowest BCUT2D eigenvalue weighted by molar-refractivity contribution is 0.0423. The maximum Gasteiger partial charge on any atom is 0.343 e. The third-order valence-corrected chi connectivity index (χ3v) is 5.10. The summed E-state index contributed by atoms with van der Waals surface area (Å²) in [5.41, 5.74) is 1.46. The number of thioether (sulfide) groups is 1. The predicted octanol–water partition coefficient (Wildman–Crippen LogP) is 4.57. The third-order valence-electron chi connectivity index (χ3n) is 4.42. The molecule has 0 aliphatic carbocycles. The highest BCUT2D eigenvalue weighted by Gasteiger charge is 2.22. The van der Waals surface area contributed by atoms with Crippen LogP contribution in [0.3, 0.4) is 0 Å². The molecule has 3 heterocycles. The van der Waals surface area contributed by atoms with E-state index in [1.54, 1.807) is 25.3 Å². The summed E-state index contributed by atoms with van der Waals surface area (Å²) in [5, 5.41) is 4.47. The summed E-state index contributed by atoms with van der Waals surface area (Å²) in [5.74, 6) is 1.51. The maximum atomic E-state index is 12.8. The number of para-hydroxylation sites is 1. The molecule has 9 nitrogen and oxygen atoms in total. The number of furan rings is 1. The van der Waals surface area contributed by atoms with Crippen molar-refractivity contribution in [3.63, 3.8) is 0 Å². The minimum absolute atomic E-state index is 0.163. The van der Waals surface area contributed by atoms with Crippen molar-refractivity contribution in [2.45, 2.75) is 25.5 Å². The van der Waals surface area contributed by atoms with Crippen LogP contribution in [-0.2, 0) is 11.3 Å². The van der Waals surface area contributed by atoms with Crippen molar-refractivity contribution in [3.05, 3.63) is 59.8 Å². The number of esters is 1. The van der Waals surface area contributed by atoms with Gasteiger partial charge in [0.1, 0.15) is 16.3 Å². The lowest BCUT2D eigenvalue weighted by atomic mass is 10.2. The molecule has 0 amide bonds. The lowest BCUT2D eigenvalue weighted by Crippen LogP contribution is -2.12. The Morgan fingerprint density at radius 1 is 1.09 bits per heavy atom. The van der Waals surface area contributed by atoms with Crippen LogP contribution in [0.15, 0.2) is 56.6 Å². The van der Waals surface area contributed by atoms with Gasteiger partial charge in [-0.05, 0) is 44.4 Å². The summed E-state index contributed by atoms with van der Waals surface area (Å²) in [7, 11) is 0.